The molecule has 0 spiro atoms. The third kappa shape index (κ3) is 8.27. The molecule has 0 unspecified atom stereocenters. The van der Waals surface area contributed by atoms with Gasteiger partial charge in [-0.2, -0.15) is 11.8 Å². The minimum atomic E-state index is 0.872. The fourth-order valence-corrected chi connectivity index (χ4v) is 1.34. The summed E-state index contributed by atoms with van der Waals surface area (Å²) in [5.74, 6) is 2.30. The molecule has 0 rings (SSSR count). The molecule has 0 aromatic rings. The van der Waals surface area contributed by atoms with Crippen molar-refractivity contribution in [2.24, 2.45) is 0 Å². The Morgan fingerprint density at radius 3 is 2.80 bits per heavy atom. The van der Waals surface area contributed by atoms with Gasteiger partial charge < -0.3 is 10.1 Å². The molecule has 0 atom stereocenters. The summed E-state index contributed by atoms with van der Waals surface area (Å²) in [6.07, 6.45) is 0. The van der Waals surface area contributed by atoms with Gasteiger partial charge in [0.25, 0.3) is 0 Å². The second kappa shape index (κ2) is 9.27. The van der Waals surface area contributed by atoms with E-state index in [2.05, 4.69) is 12.2 Å². The lowest BCUT2D eigenvalue weighted by Crippen LogP contribution is -2.16. The van der Waals surface area contributed by atoms with Gasteiger partial charge in [-0.15, -0.1) is 0 Å². The van der Waals surface area contributed by atoms with E-state index in [1.165, 1.54) is 5.75 Å². The number of hydrogen-bond acceptors (Lipinski definition) is 3. The van der Waals surface area contributed by atoms with E-state index in [1.807, 2.05) is 11.8 Å². The Balaban J connectivity index is 2.65. The SMILES string of the molecule is CCNCCSCCOC. The molecule has 0 bridgehead atoms. The molecular formula is C7H17NOS. The zero-order chi connectivity index (χ0) is 7.66. The lowest BCUT2D eigenvalue weighted by Gasteiger charge is -2.00. The fourth-order valence-electron chi connectivity index (χ4n) is 0.565. The van der Waals surface area contributed by atoms with Crippen LogP contribution < -0.4 is 5.32 Å². The van der Waals surface area contributed by atoms with Crippen LogP contribution in [0.3, 0.4) is 0 Å². The summed E-state index contributed by atoms with van der Waals surface area (Å²) in [4.78, 5) is 0. The van der Waals surface area contributed by atoms with Crippen molar-refractivity contribution in [1.82, 2.24) is 5.32 Å². The molecule has 0 amide bonds. The second-order valence-corrected chi connectivity index (χ2v) is 3.18. The summed E-state index contributed by atoms with van der Waals surface area (Å²) in [5, 5.41) is 3.26. The Kier molecular flexibility index (Phi) is 9.52. The lowest BCUT2D eigenvalue weighted by atomic mass is 10.7. The molecule has 0 aromatic heterocycles. The minimum Gasteiger partial charge on any atom is -0.384 e. The van der Waals surface area contributed by atoms with Crippen LogP contribution in [-0.4, -0.2) is 38.3 Å². The van der Waals surface area contributed by atoms with Crippen LogP contribution in [0.5, 0.6) is 0 Å². The van der Waals surface area contributed by atoms with E-state index in [0.717, 1.165) is 25.4 Å². The molecule has 0 aliphatic rings. The molecule has 0 aliphatic carbocycles. The molecule has 0 saturated heterocycles. The summed E-state index contributed by atoms with van der Waals surface area (Å²) in [7, 11) is 1.74. The first-order valence-corrected chi connectivity index (χ1v) is 4.84. The van der Waals surface area contributed by atoms with Crippen molar-refractivity contribution in [3.8, 4) is 0 Å². The summed E-state index contributed by atoms with van der Waals surface area (Å²) in [6, 6.07) is 0. The molecule has 10 heavy (non-hydrogen) atoms. The Labute approximate surface area is 67.7 Å². The van der Waals surface area contributed by atoms with E-state index in [9.17, 15) is 0 Å². The summed E-state index contributed by atoms with van der Waals surface area (Å²) >= 11 is 1.93. The van der Waals surface area contributed by atoms with Crippen molar-refractivity contribution >= 4 is 11.8 Å². The largest absolute Gasteiger partial charge is 0.384 e. The van der Waals surface area contributed by atoms with E-state index in [0.29, 0.717) is 0 Å². The van der Waals surface area contributed by atoms with Gasteiger partial charge in [0.05, 0.1) is 6.61 Å². The van der Waals surface area contributed by atoms with Gasteiger partial charge in [-0.25, -0.2) is 0 Å². The summed E-state index contributed by atoms with van der Waals surface area (Å²) in [5.41, 5.74) is 0. The molecular weight excluding hydrogens is 146 g/mol. The van der Waals surface area contributed by atoms with Crippen LogP contribution in [0.4, 0.5) is 0 Å². The van der Waals surface area contributed by atoms with Crippen LogP contribution in [0.25, 0.3) is 0 Å². The predicted molar refractivity (Wildman–Crippen MR) is 47.7 cm³/mol. The van der Waals surface area contributed by atoms with Gasteiger partial charge in [0, 0.05) is 25.2 Å². The Morgan fingerprint density at radius 1 is 1.40 bits per heavy atom. The molecule has 3 heteroatoms. The Hall–Kier alpha value is 0.270. The van der Waals surface area contributed by atoms with E-state index in [4.69, 9.17) is 4.74 Å². The minimum absolute atomic E-state index is 0.872. The first-order chi connectivity index (χ1) is 4.91. The molecule has 62 valence electrons. The van der Waals surface area contributed by atoms with Crippen molar-refractivity contribution < 1.29 is 4.74 Å². The zero-order valence-corrected chi connectivity index (χ0v) is 7.67. The summed E-state index contributed by atoms with van der Waals surface area (Å²) in [6.45, 7) is 5.19. The second-order valence-electron chi connectivity index (χ2n) is 1.96. The highest BCUT2D eigenvalue weighted by atomic mass is 32.2. The van der Waals surface area contributed by atoms with Gasteiger partial charge in [0.15, 0.2) is 0 Å². The van der Waals surface area contributed by atoms with Gasteiger partial charge in [-0.3, -0.25) is 0 Å². The average Bonchev–Trinajstić information content (AvgIpc) is 1.97. The number of hydrogen-bond donors (Lipinski definition) is 1. The lowest BCUT2D eigenvalue weighted by molar-refractivity contribution is 0.218. The summed E-state index contributed by atoms with van der Waals surface area (Å²) < 4.78 is 4.91. The first-order valence-electron chi connectivity index (χ1n) is 3.69. The normalized spacial score (nSPS) is 10.2. The van der Waals surface area contributed by atoms with Crippen molar-refractivity contribution in [1.29, 1.82) is 0 Å². The molecule has 2 nitrogen and oxygen atoms in total. The van der Waals surface area contributed by atoms with Crippen molar-refractivity contribution in [3.63, 3.8) is 0 Å². The van der Waals surface area contributed by atoms with E-state index in [1.54, 1.807) is 7.11 Å². The third-order valence-corrected chi connectivity index (χ3v) is 2.05. The average molecular weight is 163 g/mol. The van der Waals surface area contributed by atoms with E-state index in [-0.39, 0.29) is 0 Å². The molecule has 0 aliphatic heterocycles. The molecule has 0 aromatic carbocycles. The number of methoxy groups -OCH3 is 1. The maximum atomic E-state index is 4.91. The quantitative estimate of drug-likeness (QED) is 0.565. The fraction of sp³-hybridized carbons (Fsp3) is 1.00. The molecule has 0 saturated carbocycles. The topological polar surface area (TPSA) is 21.3 Å². The van der Waals surface area contributed by atoms with Crippen LogP contribution in [0, 0.1) is 0 Å². The molecule has 1 N–H and O–H groups in total. The molecule has 0 fully saturated rings. The van der Waals surface area contributed by atoms with Crippen LogP contribution >= 0.6 is 11.8 Å². The van der Waals surface area contributed by atoms with Gasteiger partial charge in [-0.1, -0.05) is 6.92 Å². The van der Waals surface area contributed by atoms with Crippen LogP contribution in [0.2, 0.25) is 0 Å². The highest BCUT2D eigenvalue weighted by Gasteiger charge is 1.86. The van der Waals surface area contributed by atoms with Crippen LogP contribution in [0.15, 0.2) is 0 Å². The highest BCUT2D eigenvalue weighted by Crippen LogP contribution is 1.96. The van der Waals surface area contributed by atoms with E-state index < -0.39 is 0 Å². The Bertz CT molecular complexity index is 53.6. The molecule has 0 radical (unpaired) electrons. The van der Waals surface area contributed by atoms with Gasteiger partial charge in [-0.05, 0) is 6.54 Å². The zero-order valence-electron chi connectivity index (χ0n) is 6.85. The number of thioether (sulfide) groups is 1. The monoisotopic (exact) mass is 163 g/mol. The number of nitrogens with one attached hydrogen (secondary N) is 1. The maximum absolute atomic E-state index is 4.91. The van der Waals surface area contributed by atoms with Crippen molar-refractivity contribution in [3.05, 3.63) is 0 Å². The predicted octanol–water partition coefficient (Wildman–Crippen LogP) is 0.976. The standard InChI is InChI=1S/C7H17NOS/c1-3-8-4-6-10-7-5-9-2/h8H,3-7H2,1-2H3. The highest BCUT2D eigenvalue weighted by molar-refractivity contribution is 7.99. The first kappa shape index (κ1) is 10.3. The third-order valence-electron chi connectivity index (χ3n) is 1.10. The number of ether oxygens (including phenoxy) is 1. The van der Waals surface area contributed by atoms with E-state index >= 15 is 0 Å². The van der Waals surface area contributed by atoms with Gasteiger partial charge in [0.1, 0.15) is 0 Å². The molecule has 0 heterocycles. The van der Waals surface area contributed by atoms with Crippen molar-refractivity contribution in [2.45, 2.75) is 6.92 Å². The van der Waals surface area contributed by atoms with Crippen LogP contribution in [0.1, 0.15) is 6.92 Å². The Morgan fingerprint density at radius 2 is 2.20 bits per heavy atom. The van der Waals surface area contributed by atoms with Crippen molar-refractivity contribution in [2.75, 3.05) is 38.3 Å². The van der Waals surface area contributed by atoms with Crippen LogP contribution in [-0.2, 0) is 4.74 Å². The van der Waals surface area contributed by atoms with Gasteiger partial charge >= 0.3 is 0 Å². The van der Waals surface area contributed by atoms with Gasteiger partial charge in [0.2, 0.25) is 0 Å². The smallest absolute Gasteiger partial charge is 0.0552 e. The number of rotatable bonds is 7. The maximum Gasteiger partial charge on any atom is 0.0552 e.